The Kier molecular flexibility index (Phi) is 5.77. The SMILES string of the molecule is O=C1CC(CCl)CN1CCCNC1CCCCC1. The van der Waals surface area contributed by atoms with Gasteiger partial charge >= 0.3 is 0 Å². The van der Waals surface area contributed by atoms with E-state index in [0.29, 0.717) is 24.1 Å². The van der Waals surface area contributed by atoms with Crippen LogP contribution in [0.1, 0.15) is 44.9 Å². The summed E-state index contributed by atoms with van der Waals surface area (Å²) in [5.74, 6) is 1.28. The molecule has 1 saturated heterocycles. The number of likely N-dealkylation sites (tertiary alicyclic amines) is 1. The largest absolute Gasteiger partial charge is 0.342 e. The number of nitrogens with zero attached hydrogens (tertiary/aromatic N) is 1. The van der Waals surface area contributed by atoms with Crippen molar-refractivity contribution in [3.8, 4) is 0 Å². The van der Waals surface area contributed by atoms with Crippen molar-refractivity contribution in [3.05, 3.63) is 0 Å². The fraction of sp³-hybridized carbons (Fsp3) is 0.929. The van der Waals surface area contributed by atoms with Crippen molar-refractivity contribution in [1.82, 2.24) is 10.2 Å². The molecule has 2 rings (SSSR count). The van der Waals surface area contributed by atoms with E-state index in [1.807, 2.05) is 4.90 Å². The van der Waals surface area contributed by atoms with E-state index in [1.54, 1.807) is 0 Å². The van der Waals surface area contributed by atoms with Gasteiger partial charge in [0.1, 0.15) is 0 Å². The molecule has 0 aromatic carbocycles. The van der Waals surface area contributed by atoms with E-state index in [1.165, 1.54) is 32.1 Å². The lowest BCUT2D eigenvalue weighted by Gasteiger charge is -2.23. The number of halogens is 1. The first-order valence-corrected chi connectivity index (χ1v) is 7.90. The number of hydrogen-bond acceptors (Lipinski definition) is 2. The van der Waals surface area contributed by atoms with E-state index in [9.17, 15) is 4.79 Å². The fourth-order valence-corrected chi connectivity index (χ4v) is 3.26. The fourth-order valence-electron chi connectivity index (χ4n) is 3.06. The smallest absolute Gasteiger partial charge is 0.222 e. The highest BCUT2D eigenvalue weighted by Gasteiger charge is 2.28. The third-order valence-corrected chi connectivity index (χ3v) is 4.59. The van der Waals surface area contributed by atoms with Crippen LogP contribution in [-0.4, -0.2) is 42.4 Å². The molecule has 1 atom stereocenters. The molecule has 0 bridgehead atoms. The molecule has 104 valence electrons. The van der Waals surface area contributed by atoms with Crippen LogP contribution in [0.4, 0.5) is 0 Å². The lowest BCUT2D eigenvalue weighted by molar-refractivity contribution is -0.127. The van der Waals surface area contributed by atoms with Gasteiger partial charge in [-0.25, -0.2) is 0 Å². The van der Waals surface area contributed by atoms with Crippen LogP contribution in [0, 0.1) is 5.92 Å². The topological polar surface area (TPSA) is 32.3 Å². The summed E-state index contributed by atoms with van der Waals surface area (Å²) >= 11 is 5.81. The molecular formula is C14H25ClN2O. The normalized spacial score (nSPS) is 25.9. The Hall–Kier alpha value is -0.280. The lowest BCUT2D eigenvalue weighted by Crippen LogP contribution is -2.34. The molecule has 0 aromatic heterocycles. The quantitative estimate of drug-likeness (QED) is 0.595. The molecule has 1 saturated carbocycles. The summed E-state index contributed by atoms with van der Waals surface area (Å²) in [5, 5.41) is 3.62. The molecule has 1 N–H and O–H groups in total. The van der Waals surface area contributed by atoms with Crippen LogP contribution >= 0.6 is 11.6 Å². The summed E-state index contributed by atoms with van der Waals surface area (Å²) in [7, 11) is 0. The van der Waals surface area contributed by atoms with Gasteiger partial charge in [-0.3, -0.25) is 4.79 Å². The van der Waals surface area contributed by atoms with Gasteiger partial charge in [0.05, 0.1) is 0 Å². The van der Waals surface area contributed by atoms with Crippen molar-refractivity contribution in [2.45, 2.75) is 51.0 Å². The number of alkyl halides is 1. The summed E-state index contributed by atoms with van der Waals surface area (Å²) in [4.78, 5) is 13.7. The average Bonchev–Trinajstić information content (AvgIpc) is 2.77. The Labute approximate surface area is 115 Å². The van der Waals surface area contributed by atoms with Gasteiger partial charge in [-0.2, -0.15) is 0 Å². The van der Waals surface area contributed by atoms with Gasteiger partial charge < -0.3 is 10.2 Å². The summed E-state index contributed by atoms with van der Waals surface area (Å²) in [6, 6.07) is 0.726. The van der Waals surface area contributed by atoms with E-state index >= 15 is 0 Å². The second-order valence-electron chi connectivity index (χ2n) is 5.71. The van der Waals surface area contributed by atoms with Gasteiger partial charge in [-0.1, -0.05) is 19.3 Å². The third-order valence-electron chi connectivity index (χ3n) is 4.16. The lowest BCUT2D eigenvalue weighted by atomic mass is 9.95. The zero-order chi connectivity index (χ0) is 12.8. The first-order chi connectivity index (χ1) is 8.79. The van der Waals surface area contributed by atoms with Crippen molar-refractivity contribution in [3.63, 3.8) is 0 Å². The van der Waals surface area contributed by atoms with E-state index in [-0.39, 0.29) is 0 Å². The molecular weight excluding hydrogens is 248 g/mol. The molecule has 3 nitrogen and oxygen atoms in total. The Bertz CT molecular complexity index is 267. The first-order valence-electron chi connectivity index (χ1n) is 7.36. The minimum Gasteiger partial charge on any atom is -0.342 e. The molecule has 0 aromatic rings. The second-order valence-corrected chi connectivity index (χ2v) is 6.02. The zero-order valence-electron chi connectivity index (χ0n) is 11.2. The van der Waals surface area contributed by atoms with E-state index in [0.717, 1.165) is 32.1 Å². The molecule has 4 heteroatoms. The van der Waals surface area contributed by atoms with Crippen LogP contribution in [-0.2, 0) is 4.79 Å². The second kappa shape index (κ2) is 7.34. The van der Waals surface area contributed by atoms with Crippen molar-refractivity contribution >= 4 is 17.5 Å². The van der Waals surface area contributed by atoms with Crippen LogP contribution in [0.5, 0.6) is 0 Å². The maximum absolute atomic E-state index is 11.7. The minimum atomic E-state index is 0.290. The van der Waals surface area contributed by atoms with Gasteiger partial charge in [-0.15, -0.1) is 11.6 Å². The molecule has 1 aliphatic heterocycles. The van der Waals surface area contributed by atoms with E-state index < -0.39 is 0 Å². The Balaban J connectivity index is 1.56. The number of rotatable bonds is 6. The predicted octanol–water partition coefficient (Wildman–Crippen LogP) is 2.39. The number of hydrogen-bond donors (Lipinski definition) is 1. The molecule has 1 heterocycles. The maximum Gasteiger partial charge on any atom is 0.222 e. The van der Waals surface area contributed by atoms with Gasteiger partial charge in [0.2, 0.25) is 5.91 Å². The van der Waals surface area contributed by atoms with Crippen molar-refractivity contribution in [1.29, 1.82) is 0 Å². The Morgan fingerprint density at radius 2 is 2.06 bits per heavy atom. The number of carbonyl (C=O) groups is 1. The maximum atomic E-state index is 11.7. The summed E-state index contributed by atoms with van der Waals surface area (Å²) in [6.45, 7) is 2.80. The van der Waals surface area contributed by atoms with Crippen LogP contribution in [0.25, 0.3) is 0 Å². The molecule has 0 radical (unpaired) electrons. The summed E-state index contributed by atoms with van der Waals surface area (Å²) < 4.78 is 0. The number of amides is 1. The first kappa shape index (κ1) is 14.1. The van der Waals surface area contributed by atoms with Crippen LogP contribution in [0.2, 0.25) is 0 Å². The highest BCUT2D eigenvalue weighted by atomic mass is 35.5. The molecule has 1 aliphatic carbocycles. The standard InChI is InChI=1S/C14H25ClN2O/c15-10-12-9-14(18)17(11-12)8-4-7-16-13-5-2-1-3-6-13/h12-13,16H,1-11H2. The van der Waals surface area contributed by atoms with Gasteiger partial charge in [0, 0.05) is 31.4 Å². The Morgan fingerprint density at radius 1 is 1.28 bits per heavy atom. The van der Waals surface area contributed by atoms with Crippen molar-refractivity contribution < 1.29 is 4.79 Å². The van der Waals surface area contributed by atoms with E-state index in [2.05, 4.69) is 5.32 Å². The zero-order valence-corrected chi connectivity index (χ0v) is 11.9. The van der Waals surface area contributed by atoms with Gasteiger partial charge in [0.15, 0.2) is 0 Å². The van der Waals surface area contributed by atoms with Crippen molar-refractivity contribution in [2.75, 3.05) is 25.5 Å². The Morgan fingerprint density at radius 3 is 2.72 bits per heavy atom. The number of nitrogens with one attached hydrogen (secondary N) is 1. The van der Waals surface area contributed by atoms with Crippen LogP contribution in [0.3, 0.4) is 0 Å². The van der Waals surface area contributed by atoms with Crippen molar-refractivity contribution in [2.24, 2.45) is 5.92 Å². The van der Waals surface area contributed by atoms with Crippen LogP contribution in [0.15, 0.2) is 0 Å². The highest BCUT2D eigenvalue weighted by molar-refractivity contribution is 6.18. The van der Waals surface area contributed by atoms with Gasteiger partial charge in [-0.05, 0) is 31.7 Å². The summed E-state index contributed by atoms with van der Waals surface area (Å²) in [6.07, 6.45) is 8.53. The number of carbonyl (C=O) groups excluding carboxylic acids is 1. The molecule has 2 fully saturated rings. The highest BCUT2D eigenvalue weighted by Crippen LogP contribution is 2.19. The average molecular weight is 273 g/mol. The van der Waals surface area contributed by atoms with Crippen LogP contribution < -0.4 is 5.32 Å². The predicted molar refractivity (Wildman–Crippen MR) is 74.9 cm³/mol. The monoisotopic (exact) mass is 272 g/mol. The molecule has 1 amide bonds. The summed E-state index contributed by atoms with van der Waals surface area (Å²) in [5.41, 5.74) is 0. The molecule has 2 aliphatic rings. The van der Waals surface area contributed by atoms with Gasteiger partial charge in [0.25, 0.3) is 0 Å². The third kappa shape index (κ3) is 4.13. The molecule has 0 spiro atoms. The van der Waals surface area contributed by atoms with E-state index in [4.69, 9.17) is 11.6 Å². The molecule has 18 heavy (non-hydrogen) atoms. The minimum absolute atomic E-state index is 0.290. The molecule has 1 unspecified atom stereocenters.